The minimum absolute atomic E-state index is 0.0546. The van der Waals surface area contributed by atoms with E-state index in [0.29, 0.717) is 0 Å². The van der Waals surface area contributed by atoms with E-state index in [1.165, 1.54) is 31.2 Å². The lowest BCUT2D eigenvalue weighted by Gasteiger charge is -2.25. The van der Waals surface area contributed by atoms with Crippen molar-refractivity contribution in [3.8, 4) is 0 Å². The van der Waals surface area contributed by atoms with Crippen molar-refractivity contribution in [2.45, 2.75) is 45.6 Å². The van der Waals surface area contributed by atoms with Gasteiger partial charge in [-0.25, -0.2) is 4.98 Å². The van der Waals surface area contributed by atoms with Gasteiger partial charge in [-0.05, 0) is 38.2 Å². The van der Waals surface area contributed by atoms with Crippen molar-refractivity contribution >= 4 is 5.82 Å². The highest BCUT2D eigenvalue weighted by atomic mass is 15.2. The molecule has 1 aromatic heterocycles. The molecular weight excluding hydrogens is 222 g/mol. The third-order valence-corrected chi connectivity index (χ3v) is 4.03. The summed E-state index contributed by atoms with van der Waals surface area (Å²) in [6, 6.07) is 4.14. The van der Waals surface area contributed by atoms with Gasteiger partial charge in [-0.3, -0.25) is 0 Å². The first-order chi connectivity index (χ1) is 8.72. The predicted octanol–water partition coefficient (Wildman–Crippen LogP) is 3.12. The van der Waals surface area contributed by atoms with Crippen molar-refractivity contribution in [1.82, 2.24) is 4.98 Å². The summed E-state index contributed by atoms with van der Waals surface area (Å²) in [5.74, 6) is 1.99. The largest absolute Gasteiger partial charge is 0.356 e. The summed E-state index contributed by atoms with van der Waals surface area (Å²) in [7, 11) is 0. The minimum Gasteiger partial charge on any atom is -0.356 e. The molecule has 100 valence electrons. The summed E-state index contributed by atoms with van der Waals surface area (Å²) in [6.45, 7) is 6.57. The quantitative estimate of drug-likeness (QED) is 0.892. The highest BCUT2D eigenvalue weighted by Crippen LogP contribution is 2.27. The van der Waals surface area contributed by atoms with Gasteiger partial charge in [0, 0.05) is 30.9 Å². The van der Waals surface area contributed by atoms with E-state index in [2.05, 4.69) is 22.9 Å². The van der Waals surface area contributed by atoms with E-state index in [4.69, 9.17) is 5.73 Å². The number of hydrogen-bond donors (Lipinski definition) is 1. The molecule has 0 bridgehead atoms. The molecule has 1 aromatic rings. The van der Waals surface area contributed by atoms with E-state index in [-0.39, 0.29) is 6.04 Å². The Morgan fingerprint density at radius 1 is 1.44 bits per heavy atom. The molecule has 2 atom stereocenters. The molecule has 0 aromatic carbocycles. The van der Waals surface area contributed by atoms with Crippen LogP contribution in [0, 0.1) is 5.92 Å². The van der Waals surface area contributed by atoms with Crippen molar-refractivity contribution < 1.29 is 0 Å². The monoisotopic (exact) mass is 247 g/mol. The van der Waals surface area contributed by atoms with Gasteiger partial charge in [0.25, 0.3) is 0 Å². The van der Waals surface area contributed by atoms with Crippen molar-refractivity contribution in [2.24, 2.45) is 11.7 Å². The molecule has 2 N–H and O–H groups in total. The van der Waals surface area contributed by atoms with E-state index in [1.807, 2.05) is 19.2 Å². The molecular formula is C15H25N3. The van der Waals surface area contributed by atoms with Crippen LogP contribution in [0.2, 0.25) is 0 Å². The minimum atomic E-state index is 0.0546. The molecule has 2 heterocycles. The molecule has 2 unspecified atom stereocenters. The third kappa shape index (κ3) is 3.02. The fourth-order valence-corrected chi connectivity index (χ4v) is 2.81. The van der Waals surface area contributed by atoms with Gasteiger partial charge in [-0.1, -0.05) is 19.4 Å². The first kappa shape index (κ1) is 13.3. The van der Waals surface area contributed by atoms with Gasteiger partial charge in [-0.2, -0.15) is 0 Å². The highest BCUT2D eigenvalue weighted by Gasteiger charge is 2.19. The Hall–Kier alpha value is -1.09. The fraction of sp³-hybridized carbons (Fsp3) is 0.667. The summed E-state index contributed by atoms with van der Waals surface area (Å²) in [6.07, 6.45) is 7.09. The molecule has 1 aliphatic rings. The summed E-state index contributed by atoms with van der Waals surface area (Å²) in [5.41, 5.74) is 7.22. The smallest absolute Gasteiger partial charge is 0.133 e. The third-order valence-electron chi connectivity index (χ3n) is 4.03. The number of aromatic nitrogens is 1. The first-order valence-electron chi connectivity index (χ1n) is 7.17. The Kier molecular flexibility index (Phi) is 4.59. The van der Waals surface area contributed by atoms with Gasteiger partial charge in [0.05, 0.1) is 0 Å². The maximum absolute atomic E-state index is 6.05. The van der Waals surface area contributed by atoms with Crippen molar-refractivity contribution in [2.75, 3.05) is 18.0 Å². The summed E-state index contributed by atoms with van der Waals surface area (Å²) < 4.78 is 0. The zero-order chi connectivity index (χ0) is 13.0. The van der Waals surface area contributed by atoms with Crippen LogP contribution in [0.25, 0.3) is 0 Å². The molecule has 0 amide bonds. The number of pyridine rings is 1. The van der Waals surface area contributed by atoms with Gasteiger partial charge in [0.1, 0.15) is 5.82 Å². The lowest BCUT2D eigenvalue weighted by Crippen LogP contribution is -2.27. The molecule has 0 saturated carbocycles. The maximum atomic E-state index is 6.05. The Morgan fingerprint density at radius 2 is 2.28 bits per heavy atom. The molecule has 2 rings (SSSR count). The molecule has 3 heteroatoms. The fourth-order valence-electron chi connectivity index (χ4n) is 2.81. The first-order valence-corrected chi connectivity index (χ1v) is 7.17. The van der Waals surface area contributed by atoms with E-state index in [0.717, 1.165) is 24.8 Å². The zero-order valence-corrected chi connectivity index (χ0v) is 11.6. The van der Waals surface area contributed by atoms with Gasteiger partial charge in [0.15, 0.2) is 0 Å². The van der Waals surface area contributed by atoms with E-state index in [9.17, 15) is 0 Å². The highest BCUT2D eigenvalue weighted by molar-refractivity contribution is 5.48. The van der Waals surface area contributed by atoms with Crippen LogP contribution in [-0.4, -0.2) is 18.1 Å². The SMILES string of the molecule is CCC1CCCN(c2ncccc2C(C)N)CC1. The molecule has 0 radical (unpaired) electrons. The van der Waals surface area contributed by atoms with Crippen molar-refractivity contribution in [3.63, 3.8) is 0 Å². The van der Waals surface area contributed by atoms with Crippen LogP contribution in [0.1, 0.15) is 51.1 Å². The molecule has 1 fully saturated rings. The number of rotatable bonds is 3. The Bertz CT molecular complexity index is 376. The maximum Gasteiger partial charge on any atom is 0.133 e. The average molecular weight is 247 g/mol. The predicted molar refractivity (Wildman–Crippen MR) is 76.7 cm³/mol. The Morgan fingerprint density at radius 3 is 3.00 bits per heavy atom. The zero-order valence-electron chi connectivity index (χ0n) is 11.6. The van der Waals surface area contributed by atoms with Crippen LogP contribution in [0.5, 0.6) is 0 Å². The number of anilines is 1. The second-order valence-corrected chi connectivity index (χ2v) is 5.40. The van der Waals surface area contributed by atoms with E-state index >= 15 is 0 Å². The van der Waals surface area contributed by atoms with Crippen molar-refractivity contribution in [3.05, 3.63) is 23.9 Å². The van der Waals surface area contributed by atoms with Gasteiger partial charge < -0.3 is 10.6 Å². The second-order valence-electron chi connectivity index (χ2n) is 5.40. The van der Waals surface area contributed by atoms with Crippen LogP contribution >= 0.6 is 0 Å². The van der Waals surface area contributed by atoms with Crippen LogP contribution < -0.4 is 10.6 Å². The normalized spacial score (nSPS) is 22.6. The van der Waals surface area contributed by atoms with Crippen LogP contribution in [0.4, 0.5) is 5.82 Å². The summed E-state index contributed by atoms with van der Waals surface area (Å²) in [5, 5.41) is 0. The molecule has 1 saturated heterocycles. The van der Waals surface area contributed by atoms with Crippen LogP contribution in [0.15, 0.2) is 18.3 Å². The lowest BCUT2D eigenvalue weighted by atomic mass is 9.98. The van der Waals surface area contributed by atoms with Gasteiger partial charge >= 0.3 is 0 Å². The number of nitrogens with two attached hydrogens (primary N) is 1. The Labute approximate surface area is 110 Å². The number of nitrogens with zero attached hydrogens (tertiary/aromatic N) is 2. The molecule has 3 nitrogen and oxygen atoms in total. The van der Waals surface area contributed by atoms with Gasteiger partial charge in [-0.15, -0.1) is 0 Å². The molecule has 18 heavy (non-hydrogen) atoms. The second kappa shape index (κ2) is 6.19. The number of hydrogen-bond acceptors (Lipinski definition) is 3. The van der Waals surface area contributed by atoms with Crippen molar-refractivity contribution in [1.29, 1.82) is 0 Å². The summed E-state index contributed by atoms with van der Waals surface area (Å²) in [4.78, 5) is 6.99. The molecule has 1 aliphatic heterocycles. The van der Waals surface area contributed by atoms with Gasteiger partial charge in [0.2, 0.25) is 0 Å². The summed E-state index contributed by atoms with van der Waals surface area (Å²) >= 11 is 0. The lowest BCUT2D eigenvalue weighted by molar-refractivity contribution is 0.459. The van der Waals surface area contributed by atoms with Crippen LogP contribution in [0.3, 0.4) is 0 Å². The Balaban J connectivity index is 2.16. The van der Waals surface area contributed by atoms with E-state index in [1.54, 1.807) is 0 Å². The molecule has 0 spiro atoms. The van der Waals surface area contributed by atoms with Crippen LogP contribution in [-0.2, 0) is 0 Å². The topological polar surface area (TPSA) is 42.2 Å². The van der Waals surface area contributed by atoms with E-state index < -0.39 is 0 Å². The average Bonchev–Trinajstić information content (AvgIpc) is 2.63. The molecule has 0 aliphatic carbocycles. The standard InChI is InChI=1S/C15H25N3/c1-3-13-6-5-10-18(11-8-13)15-14(12(2)16)7-4-9-17-15/h4,7,9,12-13H,3,5-6,8,10-11,16H2,1-2H3.